The molecule has 4 aromatic rings. The molecule has 0 amide bonds. The van der Waals surface area contributed by atoms with E-state index >= 15 is 0 Å². The molecule has 0 aliphatic carbocycles. The van der Waals surface area contributed by atoms with E-state index in [4.69, 9.17) is 35.7 Å². The monoisotopic (exact) mass is 724 g/mol. The van der Waals surface area contributed by atoms with Gasteiger partial charge in [-0.3, -0.25) is 14.7 Å². The molecule has 0 bridgehead atoms. The van der Waals surface area contributed by atoms with Gasteiger partial charge in [0.15, 0.2) is 0 Å². The smallest absolute Gasteiger partial charge is 0.290 e. The Bertz CT molecular complexity index is 1780. The van der Waals surface area contributed by atoms with E-state index in [0.29, 0.717) is 29.5 Å². The van der Waals surface area contributed by atoms with Gasteiger partial charge in [-0.2, -0.15) is 5.26 Å². The lowest BCUT2D eigenvalue weighted by Crippen LogP contribution is -2.31. The average Bonchev–Trinajstić information content (AvgIpc) is 3.17. The van der Waals surface area contributed by atoms with Gasteiger partial charge in [0.2, 0.25) is 0 Å². The van der Waals surface area contributed by atoms with Gasteiger partial charge in [0.25, 0.3) is 6.47 Å². The zero-order valence-electron chi connectivity index (χ0n) is 30.1. The van der Waals surface area contributed by atoms with Crippen LogP contribution >= 0.6 is 11.6 Å². The van der Waals surface area contributed by atoms with E-state index in [9.17, 15) is 5.26 Å². The van der Waals surface area contributed by atoms with Crippen LogP contribution in [0.15, 0.2) is 73.1 Å². The maximum absolute atomic E-state index is 9.31. The molecule has 0 spiro atoms. The van der Waals surface area contributed by atoms with Crippen LogP contribution in [0, 0.1) is 18.3 Å². The lowest BCUT2D eigenvalue weighted by Gasteiger charge is -2.27. The Morgan fingerprint density at radius 1 is 0.846 bits per heavy atom. The van der Waals surface area contributed by atoms with Gasteiger partial charge < -0.3 is 24.2 Å². The number of aromatic nitrogens is 1. The summed E-state index contributed by atoms with van der Waals surface area (Å²) in [5.41, 5.74) is 6.88. The van der Waals surface area contributed by atoms with Gasteiger partial charge in [0.1, 0.15) is 36.5 Å². The van der Waals surface area contributed by atoms with Gasteiger partial charge in [-0.15, -0.1) is 0 Å². The first-order valence-corrected chi connectivity index (χ1v) is 18.6. The first-order chi connectivity index (χ1) is 25.5. The molecule has 3 heterocycles. The number of carbonyl (C=O) groups is 1. The second kappa shape index (κ2) is 20.4. The van der Waals surface area contributed by atoms with Crippen molar-refractivity contribution in [3.8, 4) is 34.4 Å². The van der Waals surface area contributed by atoms with E-state index in [1.165, 1.54) is 51.6 Å². The van der Waals surface area contributed by atoms with Crippen LogP contribution in [0.4, 0.5) is 0 Å². The second-order valence-electron chi connectivity index (χ2n) is 13.3. The third-order valence-corrected chi connectivity index (χ3v) is 9.88. The summed E-state index contributed by atoms with van der Waals surface area (Å²) in [6, 6.07) is 22.6. The Balaban J connectivity index is 0.00000168. The molecule has 1 N–H and O–H groups in total. The molecule has 0 unspecified atom stereocenters. The number of hydrogen-bond acceptors (Lipinski definition) is 8. The molecule has 6 rings (SSSR count). The van der Waals surface area contributed by atoms with Crippen molar-refractivity contribution in [2.24, 2.45) is 0 Å². The van der Waals surface area contributed by atoms with E-state index in [-0.39, 0.29) is 6.47 Å². The molecule has 274 valence electrons. The highest BCUT2D eigenvalue weighted by atomic mass is 35.5. The van der Waals surface area contributed by atoms with Gasteiger partial charge in [-0.1, -0.05) is 54.8 Å². The Labute approximate surface area is 312 Å². The molecular formula is C42H49ClN4O5. The standard InChI is InChI=1S/C41H47ClN4O3.CH2O2/c1-31-35(12-9-14-38(31)34-11-8-13-37(22-34)47-20-10-19-45-15-4-2-5-16-45)30-49-41-24-40(48-29-33-21-32(25-43)26-44-27-33)36(23-39(41)42)28-46-17-6-3-7-18-46;2-1-3/h8-9,11-14,21-24,26-27H,2-7,10,15-20,28-30H2,1H3;1H,(H,2,3). The second-order valence-corrected chi connectivity index (χ2v) is 13.7. The van der Waals surface area contributed by atoms with E-state index in [1.54, 1.807) is 18.5 Å². The number of likely N-dealkylation sites (tertiary alicyclic amines) is 2. The van der Waals surface area contributed by atoms with Crippen LogP contribution in [0.25, 0.3) is 11.1 Å². The largest absolute Gasteiger partial charge is 0.494 e. The van der Waals surface area contributed by atoms with Crippen molar-refractivity contribution in [3.63, 3.8) is 0 Å². The van der Waals surface area contributed by atoms with Crippen LogP contribution < -0.4 is 14.2 Å². The molecule has 52 heavy (non-hydrogen) atoms. The molecule has 1 aromatic heterocycles. The number of halogens is 1. The highest BCUT2D eigenvalue weighted by Crippen LogP contribution is 2.36. The summed E-state index contributed by atoms with van der Waals surface area (Å²) in [6.07, 6.45) is 12.0. The van der Waals surface area contributed by atoms with Crippen LogP contribution in [0.2, 0.25) is 5.02 Å². The summed E-state index contributed by atoms with van der Waals surface area (Å²) in [6.45, 7) is 9.69. The maximum Gasteiger partial charge on any atom is 0.290 e. The van der Waals surface area contributed by atoms with Crippen molar-refractivity contribution in [2.75, 3.05) is 39.3 Å². The van der Waals surface area contributed by atoms with E-state index < -0.39 is 0 Å². The maximum atomic E-state index is 9.31. The number of hydrogen-bond donors (Lipinski definition) is 1. The zero-order chi connectivity index (χ0) is 36.5. The average molecular weight is 725 g/mol. The number of piperidine rings is 2. The minimum Gasteiger partial charge on any atom is -0.494 e. The third kappa shape index (κ3) is 11.4. The van der Waals surface area contributed by atoms with Crippen molar-refractivity contribution in [3.05, 3.63) is 106 Å². The number of benzene rings is 3. The summed E-state index contributed by atoms with van der Waals surface area (Å²) < 4.78 is 18.9. The van der Waals surface area contributed by atoms with Crippen molar-refractivity contribution in [1.82, 2.24) is 14.8 Å². The Morgan fingerprint density at radius 2 is 1.56 bits per heavy atom. The predicted molar refractivity (Wildman–Crippen MR) is 204 cm³/mol. The van der Waals surface area contributed by atoms with Gasteiger partial charge in [0.05, 0.1) is 17.2 Å². The lowest BCUT2D eigenvalue weighted by molar-refractivity contribution is -0.122. The number of ether oxygens (including phenoxy) is 3. The van der Waals surface area contributed by atoms with Gasteiger partial charge in [0, 0.05) is 42.7 Å². The molecule has 2 aliphatic rings. The van der Waals surface area contributed by atoms with Crippen LogP contribution in [-0.4, -0.2) is 65.7 Å². The van der Waals surface area contributed by atoms with E-state index in [0.717, 1.165) is 84.1 Å². The molecule has 2 saturated heterocycles. The highest BCUT2D eigenvalue weighted by Gasteiger charge is 2.18. The molecule has 9 nitrogen and oxygen atoms in total. The minimum atomic E-state index is -0.250. The van der Waals surface area contributed by atoms with E-state index in [2.05, 4.69) is 64.2 Å². The van der Waals surface area contributed by atoms with Crippen LogP contribution in [0.5, 0.6) is 17.2 Å². The topological polar surface area (TPSA) is 108 Å². The van der Waals surface area contributed by atoms with Crippen molar-refractivity contribution < 1.29 is 24.1 Å². The van der Waals surface area contributed by atoms with Crippen molar-refractivity contribution in [2.45, 2.75) is 71.6 Å². The van der Waals surface area contributed by atoms with Gasteiger partial charge in [-0.05, 0) is 112 Å². The normalized spacial score (nSPS) is 14.8. The van der Waals surface area contributed by atoms with Gasteiger partial charge >= 0.3 is 0 Å². The summed E-state index contributed by atoms with van der Waals surface area (Å²) in [4.78, 5) is 17.6. The Hall–Kier alpha value is -4.62. The molecule has 10 heteroatoms. The fourth-order valence-corrected chi connectivity index (χ4v) is 7.06. The first-order valence-electron chi connectivity index (χ1n) is 18.2. The van der Waals surface area contributed by atoms with Crippen LogP contribution in [0.1, 0.15) is 72.8 Å². The SMILES string of the molecule is Cc1c(COc2cc(OCc3cncc(C#N)c3)c(CN3CCCCC3)cc2Cl)cccc1-c1cccc(OCCCN2CCCCC2)c1.O=CO. The Kier molecular flexibility index (Phi) is 15.2. The minimum absolute atomic E-state index is 0.250. The van der Waals surface area contributed by atoms with Crippen molar-refractivity contribution >= 4 is 18.1 Å². The quantitative estimate of drug-likeness (QED) is 0.101. The summed E-state index contributed by atoms with van der Waals surface area (Å²) in [5, 5.41) is 16.8. The predicted octanol–water partition coefficient (Wildman–Crippen LogP) is 8.68. The molecule has 0 atom stereocenters. The molecule has 0 saturated carbocycles. The van der Waals surface area contributed by atoms with Crippen LogP contribution in [-0.2, 0) is 24.6 Å². The molecule has 0 radical (unpaired) electrons. The highest BCUT2D eigenvalue weighted by molar-refractivity contribution is 6.32. The summed E-state index contributed by atoms with van der Waals surface area (Å²) in [7, 11) is 0. The van der Waals surface area contributed by atoms with E-state index in [1.807, 2.05) is 18.2 Å². The third-order valence-electron chi connectivity index (χ3n) is 9.59. The molecule has 3 aromatic carbocycles. The summed E-state index contributed by atoms with van der Waals surface area (Å²) in [5.74, 6) is 2.20. The number of pyridine rings is 1. The Morgan fingerprint density at radius 3 is 2.31 bits per heavy atom. The fourth-order valence-electron chi connectivity index (χ4n) is 6.81. The molecular weight excluding hydrogens is 676 g/mol. The number of nitriles is 1. The first kappa shape index (κ1) is 38.6. The summed E-state index contributed by atoms with van der Waals surface area (Å²) >= 11 is 6.86. The molecule has 2 aliphatic heterocycles. The fraction of sp³-hybridized carbons (Fsp3) is 0.405. The zero-order valence-corrected chi connectivity index (χ0v) is 30.8. The van der Waals surface area contributed by atoms with Crippen LogP contribution in [0.3, 0.4) is 0 Å². The number of rotatable bonds is 14. The lowest BCUT2D eigenvalue weighted by atomic mass is 9.96. The number of nitrogens with zero attached hydrogens (tertiary/aromatic N) is 4. The van der Waals surface area contributed by atoms with Gasteiger partial charge in [-0.25, -0.2) is 0 Å². The van der Waals surface area contributed by atoms with Crippen molar-refractivity contribution in [1.29, 1.82) is 5.26 Å². The molecule has 2 fully saturated rings. The number of carboxylic acid groups (broad SMARTS) is 1.